The fourth-order valence-corrected chi connectivity index (χ4v) is 4.07. The van der Waals surface area contributed by atoms with Gasteiger partial charge in [0.15, 0.2) is 0 Å². The molecule has 26 heavy (non-hydrogen) atoms. The lowest BCUT2D eigenvalue weighted by atomic mass is 9.90. The molecule has 0 unspecified atom stereocenters. The van der Waals surface area contributed by atoms with E-state index in [1.165, 1.54) is 28.2 Å². The Morgan fingerprint density at radius 3 is 2.92 bits per heavy atom. The zero-order valence-electron chi connectivity index (χ0n) is 14.9. The smallest absolute Gasteiger partial charge is 0.279 e. The van der Waals surface area contributed by atoms with Gasteiger partial charge in [-0.15, -0.1) is 11.3 Å². The number of fused-ring (bicyclic) bond motifs is 1. The minimum absolute atomic E-state index is 0.0475. The lowest BCUT2D eigenvalue weighted by molar-refractivity contribution is -0.120. The summed E-state index contributed by atoms with van der Waals surface area (Å²) >= 11 is 1.52. The highest BCUT2D eigenvalue weighted by Gasteiger charge is 2.20. The number of thiophene rings is 1. The molecule has 1 aliphatic carbocycles. The van der Waals surface area contributed by atoms with Crippen molar-refractivity contribution in [1.82, 2.24) is 10.9 Å². The van der Waals surface area contributed by atoms with E-state index in [-0.39, 0.29) is 18.4 Å². The van der Waals surface area contributed by atoms with E-state index in [0.29, 0.717) is 16.5 Å². The van der Waals surface area contributed by atoms with Crippen LogP contribution >= 0.6 is 11.3 Å². The number of nitrogens with one attached hydrogen (secondary N) is 3. The fraction of sp³-hybridized carbons (Fsp3) is 0.368. The van der Waals surface area contributed by atoms with Crippen molar-refractivity contribution in [3.05, 3.63) is 45.6 Å². The van der Waals surface area contributed by atoms with Crippen LogP contribution in [0, 0.1) is 5.92 Å². The second-order valence-electron chi connectivity index (χ2n) is 6.49. The summed E-state index contributed by atoms with van der Waals surface area (Å²) in [6, 6.07) is 9.24. The maximum absolute atomic E-state index is 12.3. The highest BCUT2D eigenvalue weighted by Crippen LogP contribution is 2.32. The molecule has 2 aromatic rings. The fourth-order valence-electron chi connectivity index (χ4n) is 2.97. The molecule has 7 heteroatoms. The number of hydrogen-bond donors (Lipinski definition) is 3. The Hall–Kier alpha value is -2.54. The second-order valence-corrected chi connectivity index (χ2v) is 7.63. The first-order valence-corrected chi connectivity index (χ1v) is 9.45. The number of methoxy groups -OCH3 is 1. The number of rotatable bonds is 5. The number of carbonyl (C=O) groups is 2. The standard InChI is InChI=1S/C19H23N3O3S/c1-12-6-7-16-13(8-12)9-17(26-16)19(24)22-21-18(23)11-20-14-4-3-5-15(10-14)25-2/h3-5,9-10,12,20H,6-8,11H2,1-2H3,(H,21,23)(H,22,24)/t12-/m0/s1. The molecule has 0 aliphatic heterocycles. The first kappa shape index (κ1) is 18.3. The van der Waals surface area contributed by atoms with Gasteiger partial charge in [-0.2, -0.15) is 0 Å². The Bertz CT molecular complexity index is 803. The third kappa shape index (κ3) is 4.54. The van der Waals surface area contributed by atoms with Crippen molar-refractivity contribution in [3.8, 4) is 5.75 Å². The van der Waals surface area contributed by atoms with E-state index in [1.54, 1.807) is 13.2 Å². The minimum Gasteiger partial charge on any atom is -0.497 e. The number of carbonyl (C=O) groups excluding carboxylic acids is 2. The van der Waals surface area contributed by atoms with Crippen LogP contribution in [0.3, 0.4) is 0 Å². The highest BCUT2D eigenvalue weighted by molar-refractivity contribution is 7.14. The zero-order chi connectivity index (χ0) is 18.5. The average molecular weight is 373 g/mol. The molecule has 1 aromatic heterocycles. The van der Waals surface area contributed by atoms with Crippen LogP contribution in [0.2, 0.25) is 0 Å². The van der Waals surface area contributed by atoms with Gasteiger partial charge in [0.2, 0.25) is 0 Å². The van der Waals surface area contributed by atoms with Gasteiger partial charge in [0.1, 0.15) is 5.75 Å². The molecule has 1 aromatic carbocycles. The zero-order valence-corrected chi connectivity index (χ0v) is 15.7. The largest absolute Gasteiger partial charge is 0.497 e. The van der Waals surface area contributed by atoms with Gasteiger partial charge in [0.05, 0.1) is 18.5 Å². The topological polar surface area (TPSA) is 79.5 Å². The quantitative estimate of drug-likeness (QED) is 0.704. The van der Waals surface area contributed by atoms with Gasteiger partial charge in [-0.25, -0.2) is 0 Å². The van der Waals surface area contributed by atoms with E-state index in [9.17, 15) is 9.59 Å². The SMILES string of the molecule is COc1cccc(NCC(=O)NNC(=O)c2cc3c(s2)CC[C@H](C)C3)c1. The molecule has 0 spiro atoms. The molecule has 0 radical (unpaired) electrons. The summed E-state index contributed by atoms with van der Waals surface area (Å²) in [6.45, 7) is 2.28. The number of hydrogen-bond acceptors (Lipinski definition) is 5. The van der Waals surface area contributed by atoms with Crippen LogP contribution in [0.1, 0.15) is 33.5 Å². The summed E-state index contributed by atoms with van der Waals surface area (Å²) in [4.78, 5) is 26.1. The predicted molar refractivity (Wildman–Crippen MR) is 103 cm³/mol. The summed E-state index contributed by atoms with van der Waals surface area (Å²) in [6.07, 6.45) is 3.22. The van der Waals surface area contributed by atoms with Gasteiger partial charge in [0, 0.05) is 16.6 Å². The molecule has 1 aliphatic rings. The molecule has 0 saturated carbocycles. The van der Waals surface area contributed by atoms with Crippen LogP contribution in [0.4, 0.5) is 5.69 Å². The van der Waals surface area contributed by atoms with Gasteiger partial charge < -0.3 is 10.1 Å². The van der Waals surface area contributed by atoms with Crippen LogP contribution < -0.4 is 20.9 Å². The molecule has 6 nitrogen and oxygen atoms in total. The van der Waals surface area contributed by atoms with Crippen molar-refractivity contribution < 1.29 is 14.3 Å². The molecular weight excluding hydrogens is 350 g/mol. The van der Waals surface area contributed by atoms with Gasteiger partial charge >= 0.3 is 0 Å². The van der Waals surface area contributed by atoms with Gasteiger partial charge in [-0.1, -0.05) is 13.0 Å². The molecule has 2 amide bonds. The first-order valence-electron chi connectivity index (χ1n) is 8.64. The van der Waals surface area contributed by atoms with E-state index in [1.807, 2.05) is 24.3 Å². The van der Waals surface area contributed by atoms with Crippen molar-refractivity contribution in [2.75, 3.05) is 19.0 Å². The van der Waals surface area contributed by atoms with Crippen molar-refractivity contribution in [2.45, 2.75) is 26.2 Å². The van der Waals surface area contributed by atoms with E-state index in [0.717, 1.165) is 18.5 Å². The van der Waals surface area contributed by atoms with Crippen LogP contribution in [0.25, 0.3) is 0 Å². The van der Waals surface area contributed by atoms with Crippen LogP contribution in [-0.2, 0) is 17.6 Å². The van der Waals surface area contributed by atoms with Crippen molar-refractivity contribution in [1.29, 1.82) is 0 Å². The number of aryl methyl sites for hydroxylation is 1. The van der Waals surface area contributed by atoms with Crippen LogP contribution in [-0.4, -0.2) is 25.5 Å². The molecular formula is C19H23N3O3S. The third-order valence-corrected chi connectivity index (χ3v) is 5.63. The summed E-state index contributed by atoms with van der Waals surface area (Å²) in [5, 5.41) is 2.99. The Kier molecular flexibility index (Phi) is 5.78. The number of ether oxygens (including phenoxy) is 1. The van der Waals surface area contributed by atoms with E-state index < -0.39 is 0 Å². The lowest BCUT2D eigenvalue weighted by Crippen LogP contribution is -2.43. The van der Waals surface area contributed by atoms with Crippen LogP contribution in [0.5, 0.6) is 5.75 Å². The summed E-state index contributed by atoms with van der Waals surface area (Å²) in [5.74, 6) is 0.776. The normalized spacial score (nSPS) is 15.7. The van der Waals surface area contributed by atoms with Crippen molar-refractivity contribution in [2.24, 2.45) is 5.92 Å². The van der Waals surface area contributed by atoms with Gasteiger partial charge in [0.25, 0.3) is 11.8 Å². The Morgan fingerprint density at radius 2 is 2.12 bits per heavy atom. The number of hydrazine groups is 1. The Labute approximate surface area is 156 Å². The van der Waals surface area contributed by atoms with Crippen molar-refractivity contribution >= 4 is 28.8 Å². The second kappa shape index (κ2) is 8.23. The Balaban J connectivity index is 1.47. The maximum Gasteiger partial charge on any atom is 0.279 e. The highest BCUT2D eigenvalue weighted by atomic mass is 32.1. The summed E-state index contributed by atoms with van der Waals surface area (Å²) < 4.78 is 5.13. The molecule has 3 N–H and O–H groups in total. The van der Waals surface area contributed by atoms with Crippen molar-refractivity contribution in [3.63, 3.8) is 0 Å². The van der Waals surface area contributed by atoms with Gasteiger partial charge in [-0.05, 0) is 48.9 Å². The summed E-state index contributed by atoms with van der Waals surface area (Å²) in [7, 11) is 1.59. The molecule has 3 rings (SSSR count). The molecule has 1 atom stereocenters. The maximum atomic E-state index is 12.3. The number of benzene rings is 1. The molecule has 138 valence electrons. The molecule has 0 fully saturated rings. The number of anilines is 1. The third-order valence-electron chi connectivity index (χ3n) is 4.39. The number of amides is 2. The monoisotopic (exact) mass is 373 g/mol. The van der Waals surface area contributed by atoms with E-state index >= 15 is 0 Å². The average Bonchev–Trinajstić information content (AvgIpc) is 3.07. The van der Waals surface area contributed by atoms with Crippen LogP contribution in [0.15, 0.2) is 30.3 Å². The van der Waals surface area contributed by atoms with Gasteiger partial charge in [-0.3, -0.25) is 20.4 Å². The Morgan fingerprint density at radius 1 is 1.27 bits per heavy atom. The predicted octanol–water partition coefficient (Wildman–Crippen LogP) is 2.75. The summed E-state index contributed by atoms with van der Waals surface area (Å²) in [5.41, 5.74) is 6.97. The first-order chi connectivity index (χ1) is 12.5. The minimum atomic E-state index is -0.323. The molecule has 0 saturated heterocycles. The van der Waals surface area contributed by atoms with E-state index in [2.05, 4.69) is 23.1 Å². The molecule has 1 heterocycles. The molecule has 0 bridgehead atoms. The van der Waals surface area contributed by atoms with E-state index in [4.69, 9.17) is 4.74 Å². The lowest BCUT2D eigenvalue weighted by Gasteiger charge is -2.16.